The van der Waals surface area contributed by atoms with E-state index in [0.29, 0.717) is 5.03 Å². The van der Waals surface area contributed by atoms with Gasteiger partial charge < -0.3 is 5.11 Å². The maximum Gasteiger partial charge on any atom is 0.335 e. The number of carboxylic acids is 1. The smallest absolute Gasteiger partial charge is 0.335 e. The maximum absolute atomic E-state index is 11.0. The zero-order chi connectivity index (χ0) is 14.1. The minimum atomic E-state index is -0.995. The number of aromatic carboxylic acids is 1. The van der Waals surface area contributed by atoms with Crippen molar-refractivity contribution in [2.24, 2.45) is 0 Å². The van der Waals surface area contributed by atoms with Gasteiger partial charge in [-0.3, -0.25) is 0 Å². The fourth-order valence-electron chi connectivity index (χ4n) is 2.38. The van der Waals surface area contributed by atoms with E-state index >= 15 is 0 Å². The van der Waals surface area contributed by atoms with Crippen molar-refractivity contribution in [2.45, 2.75) is 29.2 Å². The molecule has 1 aromatic heterocycles. The first kappa shape index (κ1) is 13.5. The SMILES string of the molecule is O=C(O)c1cc(Cl)nc(Sc2ccc3c(c2)CCC3)c1. The molecule has 0 bridgehead atoms. The second-order valence-electron chi connectivity index (χ2n) is 4.71. The first-order chi connectivity index (χ1) is 9.61. The highest BCUT2D eigenvalue weighted by Crippen LogP contribution is 2.32. The lowest BCUT2D eigenvalue weighted by molar-refractivity contribution is 0.0696. The summed E-state index contributed by atoms with van der Waals surface area (Å²) >= 11 is 7.31. The Morgan fingerprint density at radius 3 is 2.80 bits per heavy atom. The fourth-order valence-corrected chi connectivity index (χ4v) is 3.55. The van der Waals surface area contributed by atoms with Gasteiger partial charge in [-0.05, 0) is 54.7 Å². The molecule has 20 heavy (non-hydrogen) atoms. The summed E-state index contributed by atoms with van der Waals surface area (Å²) < 4.78 is 0. The quantitative estimate of drug-likeness (QED) is 0.868. The lowest BCUT2D eigenvalue weighted by Crippen LogP contribution is -1.97. The molecule has 102 valence electrons. The number of benzene rings is 1. The average molecular weight is 306 g/mol. The van der Waals surface area contributed by atoms with Crippen molar-refractivity contribution in [1.82, 2.24) is 4.98 Å². The summed E-state index contributed by atoms with van der Waals surface area (Å²) in [5.74, 6) is -0.995. The summed E-state index contributed by atoms with van der Waals surface area (Å²) in [6, 6.07) is 9.27. The van der Waals surface area contributed by atoms with Crippen molar-refractivity contribution in [3.8, 4) is 0 Å². The third-order valence-electron chi connectivity index (χ3n) is 3.31. The molecule has 0 spiro atoms. The van der Waals surface area contributed by atoms with Crippen LogP contribution in [0.2, 0.25) is 5.15 Å². The summed E-state index contributed by atoms with van der Waals surface area (Å²) in [6.45, 7) is 0. The second kappa shape index (κ2) is 5.46. The third kappa shape index (κ3) is 2.81. The Morgan fingerprint density at radius 2 is 2.00 bits per heavy atom. The highest BCUT2D eigenvalue weighted by molar-refractivity contribution is 7.99. The molecule has 0 saturated carbocycles. The highest BCUT2D eigenvalue weighted by atomic mass is 35.5. The molecule has 1 N–H and O–H groups in total. The molecule has 0 saturated heterocycles. The predicted molar refractivity (Wildman–Crippen MR) is 78.8 cm³/mol. The number of rotatable bonds is 3. The van der Waals surface area contributed by atoms with Crippen LogP contribution in [0, 0.1) is 0 Å². The lowest BCUT2D eigenvalue weighted by atomic mass is 10.1. The van der Waals surface area contributed by atoms with Crippen LogP contribution in [-0.2, 0) is 12.8 Å². The van der Waals surface area contributed by atoms with E-state index in [1.807, 2.05) is 0 Å². The van der Waals surface area contributed by atoms with Crippen molar-refractivity contribution < 1.29 is 9.90 Å². The number of aromatic nitrogens is 1. The number of hydrogen-bond acceptors (Lipinski definition) is 3. The molecular formula is C15H12ClNO2S. The van der Waals surface area contributed by atoms with Crippen molar-refractivity contribution in [3.05, 3.63) is 52.2 Å². The van der Waals surface area contributed by atoms with Crippen LogP contribution in [0.3, 0.4) is 0 Å². The summed E-state index contributed by atoms with van der Waals surface area (Å²) in [4.78, 5) is 16.3. The molecule has 2 aromatic rings. The van der Waals surface area contributed by atoms with Gasteiger partial charge in [-0.2, -0.15) is 0 Å². The van der Waals surface area contributed by atoms with E-state index in [9.17, 15) is 4.79 Å². The first-order valence-electron chi connectivity index (χ1n) is 6.32. The Kier molecular flexibility index (Phi) is 3.68. The largest absolute Gasteiger partial charge is 0.478 e. The van der Waals surface area contributed by atoms with E-state index in [1.165, 1.54) is 35.4 Å². The number of pyridine rings is 1. The predicted octanol–water partition coefficient (Wildman–Crippen LogP) is 4.07. The van der Waals surface area contributed by atoms with Gasteiger partial charge in [0.1, 0.15) is 10.2 Å². The standard InChI is InChI=1S/C15H12ClNO2S/c16-13-7-11(15(18)19)8-14(17-13)20-12-5-4-9-2-1-3-10(9)6-12/h4-8H,1-3H2,(H,18,19). The summed E-state index contributed by atoms with van der Waals surface area (Å²) in [6.07, 6.45) is 3.48. The molecule has 3 nitrogen and oxygen atoms in total. The Hall–Kier alpha value is -1.52. The van der Waals surface area contributed by atoms with Gasteiger partial charge in [-0.1, -0.05) is 29.4 Å². The summed E-state index contributed by atoms with van der Waals surface area (Å²) in [7, 11) is 0. The molecule has 1 aliphatic carbocycles. The topological polar surface area (TPSA) is 50.2 Å². The van der Waals surface area contributed by atoms with Crippen LogP contribution in [0.4, 0.5) is 0 Å². The molecule has 1 aliphatic rings. The Labute approximate surface area is 126 Å². The van der Waals surface area contributed by atoms with Crippen LogP contribution in [0.25, 0.3) is 0 Å². The van der Waals surface area contributed by atoms with Crippen molar-refractivity contribution >= 4 is 29.3 Å². The zero-order valence-corrected chi connectivity index (χ0v) is 12.2. The normalized spacial score (nSPS) is 13.2. The lowest BCUT2D eigenvalue weighted by Gasteiger charge is -2.05. The van der Waals surface area contributed by atoms with E-state index in [-0.39, 0.29) is 10.7 Å². The highest BCUT2D eigenvalue weighted by Gasteiger charge is 2.13. The van der Waals surface area contributed by atoms with Crippen LogP contribution in [0.1, 0.15) is 27.9 Å². The minimum absolute atomic E-state index is 0.161. The minimum Gasteiger partial charge on any atom is -0.478 e. The van der Waals surface area contributed by atoms with Gasteiger partial charge in [0, 0.05) is 4.90 Å². The van der Waals surface area contributed by atoms with Crippen molar-refractivity contribution in [3.63, 3.8) is 0 Å². The van der Waals surface area contributed by atoms with E-state index in [1.54, 1.807) is 6.07 Å². The van der Waals surface area contributed by atoms with Crippen LogP contribution in [0.5, 0.6) is 0 Å². The van der Waals surface area contributed by atoms with Crippen LogP contribution >= 0.6 is 23.4 Å². The molecule has 5 heteroatoms. The maximum atomic E-state index is 11.0. The molecule has 0 unspecified atom stereocenters. The molecule has 1 aromatic carbocycles. The zero-order valence-electron chi connectivity index (χ0n) is 10.6. The number of aryl methyl sites for hydroxylation is 2. The molecule has 1 heterocycles. The van der Waals surface area contributed by atoms with Gasteiger partial charge in [-0.15, -0.1) is 0 Å². The van der Waals surface area contributed by atoms with Gasteiger partial charge in [0.25, 0.3) is 0 Å². The molecule has 0 fully saturated rings. The number of fused-ring (bicyclic) bond motifs is 1. The monoisotopic (exact) mass is 305 g/mol. The van der Waals surface area contributed by atoms with E-state index in [4.69, 9.17) is 16.7 Å². The molecule has 0 radical (unpaired) electrons. The molecule has 0 amide bonds. The summed E-state index contributed by atoms with van der Waals surface area (Å²) in [5.41, 5.74) is 2.96. The number of carboxylic acid groups (broad SMARTS) is 1. The van der Waals surface area contributed by atoms with Gasteiger partial charge in [0.2, 0.25) is 0 Å². The van der Waals surface area contributed by atoms with Crippen molar-refractivity contribution in [1.29, 1.82) is 0 Å². The van der Waals surface area contributed by atoms with E-state index < -0.39 is 5.97 Å². The van der Waals surface area contributed by atoms with E-state index in [0.717, 1.165) is 17.7 Å². The molecular weight excluding hydrogens is 294 g/mol. The third-order valence-corrected chi connectivity index (χ3v) is 4.41. The Balaban J connectivity index is 1.89. The fraction of sp³-hybridized carbons (Fsp3) is 0.200. The number of hydrogen-bond donors (Lipinski definition) is 1. The average Bonchev–Trinajstić information content (AvgIpc) is 2.85. The summed E-state index contributed by atoms with van der Waals surface area (Å²) in [5, 5.41) is 9.84. The number of carbonyl (C=O) groups is 1. The molecule has 0 atom stereocenters. The van der Waals surface area contributed by atoms with Gasteiger partial charge in [-0.25, -0.2) is 9.78 Å². The van der Waals surface area contributed by atoms with Crippen LogP contribution < -0.4 is 0 Å². The number of nitrogens with zero attached hydrogens (tertiary/aromatic N) is 1. The molecule has 0 aliphatic heterocycles. The number of halogens is 1. The van der Waals surface area contributed by atoms with Crippen LogP contribution in [0.15, 0.2) is 40.3 Å². The van der Waals surface area contributed by atoms with Crippen molar-refractivity contribution in [2.75, 3.05) is 0 Å². The molecule has 3 rings (SSSR count). The van der Waals surface area contributed by atoms with E-state index in [2.05, 4.69) is 23.2 Å². The van der Waals surface area contributed by atoms with Gasteiger partial charge in [0.15, 0.2) is 0 Å². The second-order valence-corrected chi connectivity index (χ2v) is 6.19. The van der Waals surface area contributed by atoms with Crippen LogP contribution in [-0.4, -0.2) is 16.1 Å². The Bertz CT molecular complexity index is 688. The van der Waals surface area contributed by atoms with Gasteiger partial charge >= 0.3 is 5.97 Å². The first-order valence-corrected chi connectivity index (χ1v) is 7.52. The Morgan fingerprint density at radius 1 is 1.20 bits per heavy atom. The van der Waals surface area contributed by atoms with Gasteiger partial charge in [0.05, 0.1) is 5.56 Å².